The Kier molecular flexibility index (Phi) is 5.01. The van der Waals surface area contributed by atoms with E-state index in [9.17, 15) is 23.1 Å². The number of alkyl halides is 3. The van der Waals surface area contributed by atoms with Crippen molar-refractivity contribution >= 4 is 5.91 Å². The van der Waals surface area contributed by atoms with Crippen molar-refractivity contribution in [1.29, 1.82) is 0 Å². The molecule has 7 heteroatoms. The van der Waals surface area contributed by atoms with Crippen LogP contribution in [0.4, 0.5) is 13.2 Å². The topological polar surface area (TPSA) is 43.8 Å². The third kappa shape index (κ3) is 4.23. The Hall–Kier alpha value is -1.60. The zero-order valence-electron chi connectivity index (χ0n) is 13.2. The van der Waals surface area contributed by atoms with Crippen LogP contribution in [0.15, 0.2) is 24.3 Å². The molecule has 1 amide bonds. The lowest BCUT2D eigenvalue weighted by Gasteiger charge is -2.39. The monoisotopic (exact) mass is 330 g/mol. The number of hydrogen-bond donors (Lipinski definition) is 1. The molecule has 0 aliphatic carbocycles. The molecule has 0 bridgehead atoms. The van der Waals surface area contributed by atoms with Crippen LogP contribution in [0.5, 0.6) is 0 Å². The number of aliphatic hydroxyl groups is 1. The van der Waals surface area contributed by atoms with Crippen LogP contribution >= 0.6 is 0 Å². The van der Waals surface area contributed by atoms with Crippen LogP contribution in [-0.2, 0) is 16.6 Å². The van der Waals surface area contributed by atoms with Crippen molar-refractivity contribution in [3.05, 3.63) is 35.4 Å². The smallest absolute Gasteiger partial charge is 0.385 e. The molecule has 0 saturated carbocycles. The number of likely N-dealkylation sites (tertiary alicyclic amines) is 1. The highest BCUT2D eigenvalue weighted by atomic mass is 19.4. The fourth-order valence-corrected chi connectivity index (χ4v) is 2.77. The molecule has 128 valence electrons. The van der Waals surface area contributed by atoms with E-state index in [1.165, 1.54) is 12.1 Å². The second-order valence-corrected chi connectivity index (χ2v) is 6.23. The number of likely N-dealkylation sites (N-methyl/N-ethyl adjacent to an activating group) is 1. The SMILES string of the molecule is CN(C)CC(=O)N1CCC(O)(c2cccc(C(F)(F)F)c2)CC1. The average molecular weight is 330 g/mol. The van der Waals surface area contributed by atoms with Gasteiger partial charge in [-0.3, -0.25) is 4.79 Å². The standard InChI is InChI=1S/C16H21F3N2O2/c1-20(2)11-14(22)21-8-6-15(23,7-9-21)12-4-3-5-13(10-12)16(17,18)19/h3-5,10,23H,6-9,11H2,1-2H3. The molecular weight excluding hydrogens is 309 g/mol. The second kappa shape index (κ2) is 6.49. The minimum absolute atomic E-state index is 0.0407. The first-order valence-electron chi connectivity index (χ1n) is 7.44. The van der Waals surface area contributed by atoms with Gasteiger partial charge in [0.1, 0.15) is 0 Å². The van der Waals surface area contributed by atoms with Crippen LogP contribution in [0, 0.1) is 0 Å². The molecule has 1 aromatic carbocycles. The highest BCUT2D eigenvalue weighted by Crippen LogP contribution is 2.36. The van der Waals surface area contributed by atoms with E-state index in [0.29, 0.717) is 13.1 Å². The quantitative estimate of drug-likeness (QED) is 0.923. The molecule has 0 spiro atoms. The van der Waals surface area contributed by atoms with Gasteiger partial charge in [0.15, 0.2) is 0 Å². The molecule has 0 aromatic heterocycles. The maximum Gasteiger partial charge on any atom is 0.416 e. The minimum atomic E-state index is -4.44. The number of amides is 1. The second-order valence-electron chi connectivity index (χ2n) is 6.23. The molecule has 0 unspecified atom stereocenters. The van der Waals surface area contributed by atoms with Gasteiger partial charge in [0, 0.05) is 13.1 Å². The lowest BCUT2D eigenvalue weighted by molar-refractivity contribution is -0.137. The number of rotatable bonds is 3. The minimum Gasteiger partial charge on any atom is -0.385 e. The Balaban J connectivity index is 2.09. The average Bonchev–Trinajstić information content (AvgIpc) is 2.46. The number of carbonyl (C=O) groups excluding carboxylic acids is 1. The molecular formula is C16H21F3N2O2. The number of benzene rings is 1. The summed E-state index contributed by atoms with van der Waals surface area (Å²) < 4.78 is 38.4. The number of nitrogens with zero attached hydrogens (tertiary/aromatic N) is 2. The maximum absolute atomic E-state index is 12.8. The van der Waals surface area contributed by atoms with Gasteiger partial charge in [-0.25, -0.2) is 0 Å². The lowest BCUT2D eigenvalue weighted by Crippen LogP contribution is -2.47. The Bertz CT molecular complexity index is 565. The fraction of sp³-hybridized carbons (Fsp3) is 0.562. The number of hydrogen-bond acceptors (Lipinski definition) is 3. The molecule has 1 fully saturated rings. The highest BCUT2D eigenvalue weighted by Gasteiger charge is 2.37. The summed E-state index contributed by atoms with van der Waals surface area (Å²) in [6, 6.07) is 4.80. The van der Waals surface area contributed by atoms with Gasteiger partial charge in [0.2, 0.25) is 5.91 Å². The third-order valence-corrected chi connectivity index (χ3v) is 4.12. The van der Waals surface area contributed by atoms with Gasteiger partial charge in [0.05, 0.1) is 17.7 Å². The Morgan fingerprint density at radius 3 is 2.43 bits per heavy atom. The van der Waals surface area contributed by atoms with Crippen LogP contribution in [0.2, 0.25) is 0 Å². The van der Waals surface area contributed by atoms with Gasteiger partial charge in [-0.1, -0.05) is 12.1 Å². The van der Waals surface area contributed by atoms with Gasteiger partial charge >= 0.3 is 6.18 Å². The van der Waals surface area contributed by atoms with Gasteiger partial charge in [-0.2, -0.15) is 13.2 Å². The van der Waals surface area contributed by atoms with E-state index < -0.39 is 17.3 Å². The van der Waals surface area contributed by atoms with Crippen LogP contribution in [-0.4, -0.2) is 54.5 Å². The van der Waals surface area contributed by atoms with Crippen molar-refractivity contribution in [2.75, 3.05) is 33.7 Å². The number of carbonyl (C=O) groups is 1. The molecule has 23 heavy (non-hydrogen) atoms. The molecule has 1 aromatic rings. The Morgan fingerprint density at radius 1 is 1.30 bits per heavy atom. The summed E-state index contributed by atoms with van der Waals surface area (Å²) >= 11 is 0. The maximum atomic E-state index is 12.8. The van der Waals surface area contributed by atoms with Crippen molar-refractivity contribution in [3.8, 4) is 0 Å². The summed E-state index contributed by atoms with van der Waals surface area (Å²) in [6.07, 6.45) is -3.98. The normalized spacial score (nSPS) is 18.3. The molecule has 4 nitrogen and oxygen atoms in total. The summed E-state index contributed by atoms with van der Waals surface area (Å²) in [5.74, 6) is -0.0407. The van der Waals surface area contributed by atoms with Crippen molar-refractivity contribution in [2.24, 2.45) is 0 Å². The van der Waals surface area contributed by atoms with E-state index in [0.717, 1.165) is 12.1 Å². The van der Waals surface area contributed by atoms with E-state index in [1.54, 1.807) is 23.9 Å². The summed E-state index contributed by atoms with van der Waals surface area (Å²) in [7, 11) is 3.58. The molecule has 2 rings (SSSR count). The van der Waals surface area contributed by atoms with E-state index in [4.69, 9.17) is 0 Å². The fourth-order valence-electron chi connectivity index (χ4n) is 2.77. The zero-order chi connectivity index (χ0) is 17.3. The first kappa shape index (κ1) is 17.7. The van der Waals surface area contributed by atoms with Crippen molar-refractivity contribution in [1.82, 2.24) is 9.80 Å². The first-order chi connectivity index (χ1) is 10.6. The third-order valence-electron chi connectivity index (χ3n) is 4.12. The predicted octanol–water partition coefficient (Wildman–Crippen LogP) is 2.08. The van der Waals surface area contributed by atoms with Gasteiger partial charge < -0.3 is 14.9 Å². The molecule has 1 aliphatic heterocycles. The number of piperidine rings is 1. The highest BCUT2D eigenvalue weighted by molar-refractivity contribution is 5.78. The van der Waals surface area contributed by atoms with E-state index in [1.807, 2.05) is 0 Å². The molecule has 1 N–H and O–H groups in total. The molecule has 0 radical (unpaired) electrons. The summed E-state index contributed by atoms with van der Waals surface area (Å²) in [5, 5.41) is 10.7. The summed E-state index contributed by atoms with van der Waals surface area (Å²) in [5.41, 5.74) is -1.84. The predicted molar refractivity (Wildman–Crippen MR) is 79.7 cm³/mol. The van der Waals surface area contributed by atoms with Crippen molar-refractivity contribution < 1.29 is 23.1 Å². The molecule has 0 atom stereocenters. The Morgan fingerprint density at radius 2 is 1.91 bits per heavy atom. The van der Waals surface area contributed by atoms with Gasteiger partial charge in [-0.15, -0.1) is 0 Å². The van der Waals surface area contributed by atoms with E-state index in [-0.39, 0.29) is 30.9 Å². The van der Waals surface area contributed by atoms with Crippen molar-refractivity contribution in [3.63, 3.8) is 0 Å². The molecule has 1 heterocycles. The van der Waals surface area contributed by atoms with E-state index >= 15 is 0 Å². The van der Waals surface area contributed by atoms with Gasteiger partial charge in [0.25, 0.3) is 0 Å². The summed E-state index contributed by atoms with van der Waals surface area (Å²) in [4.78, 5) is 15.4. The first-order valence-corrected chi connectivity index (χ1v) is 7.44. The zero-order valence-corrected chi connectivity index (χ0v) is 13.2. The molecule has 1 saturated heterocycles. The largest absolute Gasteiger partial charge is 0.416 e. The van der Waals surface area contributed by atoms with Crippen LogP contribution in [0.3, 0.4) is 0 Å². The molecule has 1 aliphatic rings. The lowest BCUT2D eigenvalue weighted by atomic mass is 9.83. The number of halogens is 3. The van der Waals surface area contributed by atoms with Crippen molar-refractivity contribution in [2.45, 2.75) is 24.6 Å². The van der Waals surface area contributed by atoms with Crippen LogP contribution < -0.4 is 0 Å². The van der Waals surface area contributed by atoms with Gasteiger partial charge in [-0.05, 0) is 44.6 Å². The van der Waals surface area contributed by atoms with E-state index in [2.05, 4.69) is 0 Å². The van der Waals surface area contributed by atoms with Crippen LogP contribution in [0.1, 0.15) is 24.0 Å². The summed E-state index contributed by atoms with van der Waals surface area (Å²) in [6.45, 7) is 0.945. The Labute approximate surface area is 133 Å². The van der Waals surface area contributed by atoms with Crippen LogP contribution in [0.25, 0.3) is 0 Å².